The number of aromatic nitrogens is 3. The number of nitrogens with one attached hydrogen (secondary N) is 1. The van der Waals surface area contributed by atoms with Crippen LogP contribution in [0.1, 0.15) is 35.2 Å². The van der Waals surface area contributed by atoms with Crippen LogP contribution in [0.5, 0.6) is 0 Å². The summed E-state index contributed by atoms with van der Waals surface area (Å²) < 4.78 is 1.92. The molecular formula is C21H22N6OS. The number of hydrogen-bond donors (Lipinski definition) is 2. The number of hydrogen-bond acceptors (Lipinski definition) is 6. The van der Waals surface area contributed by atoms with E-state index < -0.39 is 0 Å². The monoisotopic (exact) mass is 406 g/mol. The number of nitriles is 1. The maximum absolute atomic E-state index is 12.5. The highest BCUT2D eigenvalue weighted by Crippen LogP contribution is 2.25. The quantitative estimate of drug-likeness (QED) is 0.411. The molecule has 3 aromatic rings. The second-order valence-corrected chi connectivity index (χ2v) is 7.47. The normalized spacial score (nSPS) is 10.4. The number of amides is 1. The molecule has 0 aliphatic carbocycles. The van der Waals surface area contributed by atoms with Crippen LogP contribution in [0.2, 0.25) is 0 Å². The molecule has 0 atom stereocenters. The minimum atomic E-state index is -0.382. The van der Waals surface area contributed by atoms with E-state index >= 15 is 0 Å². The molecule has 8 heteroatoms. The number of carbonyl (C=O) groups excluding carboxylic acids is 1. The number of nitrogen functional groups attached to an aromatic ring is 1. The fourth-order valence-electron chi connectivity index (χ4n) is 2.76. The number of thioether (sulfide) groups is 1. The number of rotatable bonds is 9. The number of carbonyl (C=O) groups is 1. The van der Waals surface area contributed by atoms with Gasteiger partial charge in [-0.2, -0.15) is 10.4 Å². The fourth-order valence-corrected chi connectivity index (χ4v) is 3.72. The van der Waals surface area contributed by atoms with E-state index in [-0.39, 0.29) is 17.3 Å². The van der Waals surface area contributed by atoms with Gasteiger partial charge in [-0.3, -0.25) is 9.48 Å². The van der Waals surface area contributed by atoms with Crippen LogP contribution in [0, 0.1) is 11.3 Å². The summed E-state index contributed by atoms with van der Waals surface area (Å²) in [6.45, 7) is 0.900. The molecule has 148 valence electrons. The standard InChI is InChI=1S/C21H22N6OS/c22-15-16-14-18(20(28)25-17-8-3-1-4-9-17)19(23)26-21(16)29-13-6-2-5-11-27-12-7-10-24-27/h1,3-4,7-10,12,14H,2,5-6,11,13H2,(H2,23,26)(H,25,28). The van der Waals surface area contributed by atoms with Crippen LogP contribution < -0.4 is 11.1 Å². The molecule has 7 nitrogen and oxygen atoms in total. The van der Waals surface area contributed by atoms with Gasteiger partial charge in [0.1, 0.15) is 16.9 Å². The lowest BCUT2D eigenvalue weighted by molar-refractivity contribution is 0.102. The number of benzene rings is 1. The van der Waals surface area contributed by atoms with Crippen molar-refractivity contribution in [2.45, 2.75) is 30.8 Å². The lowest BCUT2D eigenvalue weighted by Crippen LogP contribution is -2.15. The number of aryl methyl sites for hydroxylation is 1. The third kappa shape index (κ3) is 5.83. The highest BCUT2D eigenvalue weighted by atomic mass is 32.2. The smallest absolute Gasteiger partial charge is 0.259 e. The number of para-hydroxylation sites is 1. The molecule has 3 rings (SSSR count). The van der Waals surface area contributed by atoms with Crippen LogP contribution in [-0.4, -0.2) is 26.4 Å². The first-order valence-electron chi connectivity index (χ1n) is 9.34. The molecule has 1 aromatic carbocycles. The molecule has 0 spiro atoms. The van der Waals surface area contributed by atoms with Gasteiger partial charge in [0.25, 0.3) is 5.91 Å². The molecule has 2 aromatic heterocycles. The fraction of sp³-hybridized carbons (Fsp3) is 0.238. The van der Waals surface area contributed by atoms with Crippen LogP contribution >= 0.6 is 11.8 Å². The van der Waals surface area contributed by atoms with Gasteiger partial charge in [0.05, 0.1) is 11.1 Å². The second-order valence-electron chi connectivity index (χ2n) is 6.38. The van der Waals surface area contributed by atoms with Crippen molar-refractivity contribution >= 4 is 29.2 Å². The van der Waals surface area contributed by atoms with Crippen LogP contribution in [-0.2, 0) is 6.54 Å². The van der Waals surface area contributed by atoms with E-state index in [4.69, 9.17) is 5.73 Å². The van der Waals surface area contributed by atoms with E-state index in [2.05, 4.69) is 21.5 Å². The average molecular weight is 407 g/mol. The Bertz CT molecular complexity index is 982. The van der Waals surface area contributed by atoms with Crippen LogP contribution in [0.3, 0.4) is 0 Å². The van der Waals surface area contributed by atoms with Crippen molar-refractivity contribution in [2.24, 2.45) is 0 Å². The summed E-state index contributed by atoms with van der Waals surface area (Å²) in [5, 5.41) is 17.0. The number of nitrogens with zero attached hydrogens (tertiary/aromatic N) is 4. The zero-order valence-electron chi connectivity index (χ0n) is 15.9. The van der Waals surface area contributed by atoms with Crippen LogP contribution in [0.15, 0.2) is 59.9 Å². The van der Waals surface area contributed by atoms with Crippen LogP contribution in [0.25, 0.3) is 0 Å². The average Bonchev–Trinajstić information content (AvgIpc) is 3.25. The lowest BCUT2D eigenvalue weighted by atomic mass is 10.2. The predicted molar refractivity (Wildman–Crippen MR) is 115 cm³/mol. The largest absolute Gasteiger partial charge is 0.383 e. The van der Waals surface area contributed by atoms with Gasteiger partial charge in [-0.15, -0.1) is 11.8 Å². The van der Waals surface area contributed by atoms with Crippen molar-refractivity contribution in [3.63, 3.8) is 0 Å². The molecule has 0 unspecified atom stereocenters. The Hall–Kier alpha value is -3.31. The highest BCUT2D eigenvalue weighted by molar-refractivity contribution is 7.99. The van der Waals surface area contributed by atoms with Crippen molar-refractivity contribution in [3.8, 4) is 6.07 Å². The zero-order chi connectivity index (χ0) is 20.5. The first kappa shape index (κ1) is 20.4. The van der Waals surface area contributed by atoms with Gasteiger partial charge in [0.2, 0.25) is 0 Å². The van der Waals surface area contributed by atoms with Gasteiger partial charge in [0.15, 0.2) is 0 Å². The van der Waals surface area contributed by atoms with E-state index in [0.717, 1.165) is 31.6 Å². The van der Waals surface area contributed by atoms with Gasteiger partial charge < -0.3 is 11.1 Å². The molecule has 2 heterocycles. The molecule has 1 amide bonds. The molecular weight excluding hydrogens is 384 g/mol. The van der Waals surface area contributed by atoms with Crippen LogP contribution in [0.4, 0.5) is 11.5 Å². The maximum Gasteiger partial charge on any atom is 0.259 e. The van der Waals surface area contributed by atoms with Crippen molar-refractivity contribution in [2.75, 3.05) is 16.8 Å². The van der Waals surface area contributed by atoms with E-state index in [9.17, 15) is 10.1 Å². The second kappa shape index (κ2) is 10.3. The summed E-state index contributed by atoms with van der Waals surface area (Å²) in [5.74, 6) is 0.571. The summed E-state index contributed by atoms with van der Waals surface area (Å²) in [6.07, 6.45) is 6.83. The maximum atomic E-state index is 12.5. The summed E-state index contributed by atoms with van der Waals surface area (Å²) in [7, 11) is 0. The minimum Gasteiger partial charge on any atom is -0.383 e. The van der Waals surface area contributed by atoms with E-state index in [1.54, 1.807) is 18.3 Å². The Morgan fingerprint density at radius 1 is 1.21 bits per heavy atom. The Balaban J connectivity index is 1.55. The topological polar surface area (TPSA) is 110 Å². The zero-order valence-corrected chi connectivity index (χ0v) is 16.7. The third-order valence-electron chi connectivity index (χ3n) is 4.24. The van der Waals surface area contributed by atoms with Gasteiger partial charge in [-0.25, -0.2) is 4.98 Å². The number of pyridine rings is 1. The lowest BCUT2D eigenvalue weighted by Gasteiger charge is -2.10. The Kier molecular flexibility index (Phi) is 7.25. The highest BCUT2D eigenvalue weighted by Gasteiger charge is 2.16. The number of nitrogens with two attached hydrogens (primary N) is 1. The Labute approximate surface area is 173 Å². The van der Waals surface area contributed by atoms with E-state index in [0.29, 0.717) is 16.3 Å². The molecule has 0 aliphatic heterocycles. The van der Waals surface area contributed by atoms with Gasteiger partial charge in [-0.05, 0) is 42.9 Å². The first-order chi connectivity index (χ1) is 14.2. The van der Waals surface area contributed by atoms with Crippen molar-refractivity contribution < 1.29 is 4.79 Å². The molecule has 0 bridgehead atoms. The SMILES string of the molecule is N#Cc1cc(C(=O)Nc2ccccc2)c(N)nc1SCCCCCn1cccn1. The molecule has 0 saturated heterocycles. The summed E-state index contributed by atoms with van der Waals surface area (Å²) in [5.41, 5.74) is 7.22. The van der Waals surface area contributed by atoms with Crippen molar-refractivity contribution in [1.82, 2.24) is 14.8 Å². The summed E-state index contributed by atoms with van der Waals surface area (Å²) in [4.78, 5) is 16.8. The van der Waals surface area contributed by atoms with E-state index in [1.807, 2.05) is 35.1 Å². The number of anilines is 2. The van der Waals surface area contributed by atoms with Crippen molar-refractivity contribution in [3.05, 3.63) is 66.0 Å². The molecule has 0 aliphatic rings. The van der Waals surface area contributed by atoms with Gasteiger partial charge in [0, 0.05) is 24.6 Å². The minimum absolute atomic E-state index is 0.124. The molecule has 29 heavy (non-hydrogen) atoms. The Morgan fingerprint density at radius 3 is 2.76 bits per heavy atom. The Morgan fingerprint density at radius 2 is 2.03 bits per heavy atom. The van der Waals surface area contributed by atoms with Gasteiger partial charge in [-0.1, -0.05) is 24.6 Å². The molecule has 0 saturated carbocycles. The van der Waals surface area contributed by atoms with Gasteiger partial charge >= 0.3 is 0 Å². The molecule has 0 radical (unpaired) electrons. The predicted octanol–water partition coefficient (Wildman–Crippen LogP) is 3.95. The molecule has 3 N–H and O–H groups in total. The number of unbranched alkanes of at least 4 members (excludes halogenated alkanes) is 2. The molecule has 0 fully saturated rings. The third-order valence-corrected chi connectivity index (χ3v) is 5.32. The summed E-state index contributed by atoms with van der Waals surface area (Å²) >= 11 is 1.49. The van der Waals surface area contributed by atoms with Crippen molar-refractivity contribution in [1.29, 1.82) is 5.26 Å². The first-order valence-corrected chi connectivity index (χ1v) is 10.3. The van der Waals surface area contributed by atoms with E-state index in [1.165, 1.54) is 17.8 Å². The summed E-state index contributed by atoms with van der Waals surface area (Å²) in [6, 6.07) is 14.6.